The molecule has 7 heteroatoms. The number of aromatic nitrogens is 2. The summed E-state index contributed by atoms with van der Waals surface area (Å²) in [6.07, 6.45) is 2.83. The summed E-state index contributed by atoms with van der Waals surface area (Å²) in [6, 6.07) is 2.89. The lowest BCUT2D eigenvalue weighted by Gasteiger charge is -2.11. The number of hydrogen-bond donors (Lipinski definition) is 0. The summed E-state index contributed by atoms with van der Waals surface area (Å²) in [5.41, 5.74) is 0.539. The molecular formula is C11H10Cl2N2O2S. The van der Waals surface area contributed by atoms with Crippen molar-refractivity contribution in [3.8, 4) is 0 Å². The van der Waals surface area contributed by atoms with Crippen LogP contribution < -0.4 is 0 Å². The highest BCUT2D eigenvalue weighted by Crippen LogP contribution is 2.29. The van der Waals surface area contributed by atoms with Crippen molar-refractivity contribution < 1.29 is 8.42 Å². The zero-order valence-electron chi connectivity index (χ0n) is 9.68. The molecule has 0 N–H and O–H groups in total. The summed E-state index contributed by atoms with van der Waals surface area (Å²) in [5.74, 6) is 0.389. The van der Waals surface area contributed by atoms with Crippen LogP contribution in [0.25, 0.3) is 0 Å². The Balaban J connectivity index is 2.70. The van der Waals surface area contributed by atoms with Crippen LogP contribution in [-0.4, -0.2) is 17.4 Å². The van der Waals surface area contributed by atoms with E-state index >= 15 is 0 Å². The van der Waals surface area contributed by atoms with E-state index in [1.165, 1.54) is 24.5 Å². The van der Waals surface area contributed by atoms with Crippen molar-refractivity contribution in [2.45, 2.75) is 18.7 Å². The summed E-state index contributed by atoms with van der Waals surface area (Å²) in [6.45, 7) is 3.28. The molecule has 1 aromatic carbocycles. The number of nitrogens with zero attached hydrogens (tertiary/aromatic N) is 2. The van der Waals surface area contributed by atoms with Gasteiger partial charge in [0, 0.05) is 12.4 Å². The Hall–Kier alpha value is -1.04. The van der Waals surface area contributed by atoms with Gasteiger partial charge in [-0.25, -0.2) is 17.4 Å². The maximum absolute atomic E-state index is 12.4. The summed E-state index contributed by atoms with van der Waals surface area (Å²) in [7, 11) is -3.69. The second-order valence-electron chi connectivity index (χ2n) is 3.81. The quantitative estimate of drug-likeness (QED) is 0.857. The highest BCUT2D eigenvalue weighted by Gasteiger charge is 2.22. The zero-order valence-corrected chi connectivity index (χ0v) is 12.0. The van der Waals surface area contributed by atoms with Crippen LogP contribution in [-0.2, 0) is 10.0 Å². The first-order valence-electron chi connectivity index (χ1n) is 5.05. The molecule has 0 amide bonds. The fourth-order valence-electron chi connectivity index (χ4n) is 1.63. The number of rotatable bonds is 2. The number of imidazole rings is 1. The van der Waals surface area contributed by atoms with Gasteiger partial charge < -0.3 is 0 Å². The predicted molar refractivity (Wildman–Crippen MR) is 70.7 cm³/mol. The van der Waals surface area contributed by atoms with Crippen LogP contribution in [0.4, 0.5) is 0 Å². The molecule has 0 fully saturated rings. The standard InChI is InChI=1S/C11H10Cl2N2O2S/c1-7-5-9(12)10(13)6-11(7)18(16,17)15-4-3-14-8(15)2/h3-6H,1-2H3. The van der Waals surface area contributed by atoms with E-state index in [0.717, 1.165) is 3.97 Å². The minimum atomic E-state index is -3.69. The van der Waals surface area contributed by atoms with Crippen LogP contribution in [0.5, 0.6) is 0 Å². The first kappa shape index (κ1) is 13.4. The first-order valence-corrected chi connectivity index (χ1v) is 7.25. The van der Waals surface area contributed by atoms with E-state index in [-0.39, 0.29) is 9.92 Å². The molecule has 0 bridgehead atoms. The second-order valence-corrected chi connectivity index (χ2v) is 6.40. The molecule has 0 saturated carbocycles. The lowest BCUT2D eigenvalue weighted by atomic mass is 10.2. The smallest absolute Gasteiger partial charge is 0.241 e. The number of aryl methyl sites for hydroxylation is 2. The Bertz CT molecular complexity index is 708. The van der Waals surface area contributed by atoms with E-state index in [4.69, 9.17) is 23.2 Å². The Labute approximate surface area is 115 Å². The molecule has 2 rings (SSSR count). The molecule has 0 aliphatic rings. The highest BCUT2D eigenvalue weighted by atomic mass is 35.5. The summed E-state index contributed by atoms with van der Waals surface area (Å²) in [5, 5.41) is 0.536. The van der Waals surface area contributed by atoms with Gasteiger partial charge in [0.25, 0.3) is 10.0 Å². The first-order chi connectivity index (χ1) is 8.34. The Morgan fingerprint density at radius 1 is 1.17 bits per heavy atom. The van der Waals surface area contributed by atoms with Crippen molar-refractivity contribution in [3.05, 3.63) is 46.0 Å². The van der Waals surface area contributed by atoms with Gasteiger partial charge in [0.1, 0.15) is 5.82 Å². The van der Waals surface area contributed by atoms with Crippen LogP contribution in [0, 0.1) is 13.8 Å². The summed E-state index contributed by atoms with van der Waals surface area (Å²) >= 11 is 11.7. The second kappa shape index (κ2) is 4.57. The largest absolute Gasteiger partial charge is 0.269 e. The lowest BCUT2D eigenvalue weighted by Crippen LogP contribution is -2.15. The number of halogens is 2. The third-order valence-corrected chi connectivity index (χ3v) is 5.16. The van der Waals surface area contributed by atoms with Gasteiger partial charge in [0.05, 0.1) is 14.9 Å². The van der Waals surface area contributed by atoms with E-state index in [0.29, 0.717) is 16.4 Å². The van der Waals surface area contributed by atoms with Crippen molar-refractivity contribution in [2.75, 3.05) is 0 Å². The van der Waals surface area contributed by atoms with E-state index in [2.05, 4.69) is 4.98 Å². The molecule has 0 atom stereocenters. The molecule has 1 heterocycles. The zero-order chi connectivity index (χ0) is 13.5. The molecule has 4 nitrogen and oxygen atoms in total. The number of hydrogen-bond acceptors (Lipinski definition) is 3. The Morgan fingerprint density at radius 2 is 1.78 bits per heavy atom. The summed E-state index contributed by atoms with van der Waals surface area (Å²) < 4.78 is 26.0. The van der Waals surface area contributed by atoms with Gasteiger partial charge in [-0.1, -0.05) is 23.2 Å². The van der Waals surface area contributed by atoms with Crippen molar-refractivity contribution in [2.24, 2.45) is 0 Å². The molecule has 0 saturated heterocycles. The molecule has 1 aromatic heterocycles. The van der Waals surface area contributed by atoms with Crippen molar-refractivity contribution in [3.63, 3.8) is 0 Å². The van der Waals surface area contributed by atoms with Gasteiger partial charge in [0.15, 0.2) is 0 Å². The Kier molecular flexibility index (Phi) is 3.40. The third-order valence-electron chi connectivity index (χ3n) is 2.54. The molecule has 96 valence electrons. The van der Waals surface area contributed by atoms with E-state index in [1.807, 2.05) is 0 Å². The van der Waals surface area contributed by atoms with Gasteiger partial charge in [-0.15, -0.1) is 0 Å². The van der Waals surface area contributed by atoms with Crippen molar-refractivity contribution >= 4 is 33.2 Å². The van der Waals surface area contributed by atoms with Crippen LogP contribution >= 0.6 is 23.2 Å². The molecule has 0 unspecified atom stereocenters. The van der Waals surface area contributed by atoms with Crippen LogP contribution in [0.2, 0.25) is 10.0 Å². The average Bonchev–Trinajstić information content (AvgIpc) is 2.70. The normalized spacial score (nSPS) is 11.8. The van der Waals surface area contributed by atoms with Gasteiger partial charge >= 0.3 is 0 Å². The fraction of sp³-hybridized carbons (Fsp3) is 0.182. The molecule has 0 aliphatic carbocycles. The van der Waals surface area contributed by atoms with E-state index < -0.39 is 10.0 Å². The minimum Gasteiger partial charge on any atom is -0.241 e. The molecule has 0 aliphatic heterocycles. The topological polar surface area (TPSA) is 52.0 Å². The van der Waals surface area contributed by atoms with Crippen molar-refractivity contribution in [1.29, 1.82) is 0 Å². The Morgan fingerprint density at radius 3 is 2.33 bits per heavy atom. The fourth-order valence-corrected chi connectivity index (χ4v) is 3.63. The SMILES string of the molecule is Cc1cc(Cl)c(Cl)cc1S(=O)(=O)n1ccnc1C. The van der Waals surface area contributed by atoms with Crippen LogP contribution in [0.3, 0.4) is 0 Å². The number of benzene rings is 1. The van der Waals surface area contributed by atoms with Crippen molar-refractivity contribution in [1.82, 2.24) is 8.96 Å². The molecule has 0 radical (unpaired) electrons. The maximum atomic E-state index is 12.4. The van der Waals surface area contributed by atoms with E-state index in [1.54, 1.807) is 13.8 Å². The molecule has 0 spiro atoms. The maximum Gasteiger partial charge on any atom is 0.269 e. The van der Waals surface area contributed by atoms with Gasteiger partial charge in [-0.05, 0) is 31.5 Å². The van der Waals surface area contributed by atoms with Gasteiger partial charge in [-0.2, -0.15) is 0 Å². The molecular weight excluding hydrogens is 295 g/mol. The summed E-state index contributed by atoms with van der Waals surface area (Å²) in [4.78, 5) is 4.03. The predicted octanol–water partition coefficient (Wildman–Crippen LogP) is 3.04. The monoisotopic (exact) mass is 304 g/mol. The third kappa shape index (κ3) is 2.13. The minimum absolute atomic E-state index is 0.123. The molecule has 2 aromatic rings. The molecule has 18 heavy (non-hydrogen) atoms. The van der Waals surface area contributed by atoms with Gasteiger partial charge in [0.2, 0.25) is 0 Å². The van der Waals surface area contributed by atoms with Gasteiger partial charge in [-0.3, -0.25) is 0 Å². The highest BCUT2D eigenvalue weighted by molar-refractivity contribution is 7.90. The van der Waals surface area contributed by atoms with E-state index in [9.17, 15) is 8.42 Å². The lowest BCUT2D eigenvalue weighted by molar-refractivity contribution is 0.585. The van der Waals surface area contributed by atoms with Crippen LogP contribution in [0.15, 0.2) is 29.4 Å². The van der Waals surface area contributed by atoms with Crippen LogP contribution in [0.1, 0.15) is 11.4 Å². The average molecular weight is 305 g/mol.